The molecule has 0 fully saturated rings. The van der Waals surface area contributed by atoms with E-state index in [0.29, 0.717) is 12.8 Å². The van der Waals surface area contributed by atoms with Gasteiger partial charge in [-0.25, -0.2) is 0 Å². The van der Waals surface area contributed by atoms with Crippen molar-refractivity contribution < 1.29 is 35.1 Å². The van der Waals surface area contributed by atoms with Crippen LogP contribution >= 0.6 is 0 Å². The number of aliphatic hydroxyl groups excluding tert-OH is 3. The van der Waals surface area contributed by atoms with Crippen LogP contribution in [0.2, 0.25) is 0 Å². The van der Waals surface area contributed by atoms with E-state index < -0.39 is 18.0 Å². The molecule has 0 radical (unpaired) electrons. The van der Waals surface area contributed by atoms with Crippen LogP contribution in [0.25, 0.3) is 0 Å². The van der Waals surface area contributed by atoms with E-state index in [-0.39, 0.29) is 13.2 Å². The molecule has 7 nitrogen and oxygen atoms in total. The smallest absolute Gasteiger partial charge is 0.303 e. The molecule has 0 bridgehead atoms. The lowest BCUT2D eigenvalue weighted by Crippen LogP contribution is -2.15. The van der Waals surface area contributed by atoms with Crippen LogP contribution in [-0.2, 0) is 9.59 Å². The van der Waals surface area contributed by atoms with Crippen LogP contribution in [0, 0.1) is 11.8 Å². The van der Waals surface area contributed by atoms with Crippen LogP contribution in [0.3, 0.4) is 0 Å². The molecule has 0 rings (SSSR count). The number of aliphatic hydroxyl groups is 3. The van der Waals surface area contributed by atoms with Gasteiger partial charge in [0, 0.05) is 12.8 Å². The summed E-state index contributed by atoms with van der Waals surface area (Å²) in [6, 6.07) is 0. The highest BCUT2D eigenvalue weighted by Crippen LogP contribution is 2.15. The molecule has 7 heteroatoms. The highest BCUT2D eigenvalue weighted by atomic mass is 16.4. The second kappa shape index (κ2) is 41.8. The van der Waals surface area contributed by atoms with E-state index >= 15 is 0 Å². The first-order chi connectivity index (χ1) is 22.1. The molecule has 0 aliphatic heterocycles. The van der Waals surface area contributed by atoms with Crippen LogP contribution in [0.5, 0.6) is 0 Å². The fourth-order valence-corrected chi connectivity index (χ4v) is 5.25. The molecule has 46 heavy (non-hydrogen) atoms. The Balaban J connectivity index is -0.000000682. The Hall–Kier alpha value is -1.18. The van der Waals surface area contributed by atoms with Crippen molar-refractivity contribution in [1.82, 2.24) is 0 Å². The molecule has 0 aliphatic rings. The number of hydrogen-bond donors (Lipinski definition) is 5. The molecule has 0 aromatic rings. The van der Waals surface area contributed by atoms with Crippen LogP contribution in [0.4, 0.5) is 0 Å². The summed E-state index contributed by atoms with van der Waals surface area (Å²) in [5.41, 5.74) is 0. The molecule has 0 spiro atoms. The van der Waals surface area contributed by atoms with Gasteiger partial charge in [-0.15, -0.1) is 0 Å². The maximum atomic E-state index is 10.3. The molecular formula is C39H80O7. The highest BCUT2D eigenvalue weighted by molar-refractivity contribution is 5.66. The van der Waals surface area contributed by atoms with E-state index in [0.717, 1.165) is 37.5 Å². The average Bonchev–Trinajstić information content (AvgIpc) is 3.01. The quantitative estimate of drug-likeness (QED) is 0.0453. The molecule has 5 N–H and O–H groups in total. The number of carboxylic acid groups (broad SMARTS) is 2. The molecule has 0 unspecified atom stereocenters. The Kier molecular flexibility index (Phi) is 44.8. The summed E-state index contributed by atoms with van der Waals surface area (Å²) >= 11 is 0. The van der Waals surface area contributed by atoms with Crippen molar-refractivity contribution in [1.29, 1.82) is 0 Å². The predicted octanol–water partition coefficient (Wildman–Crippen LogP) is 10.7. The van der Waals surface area contributed by atoms with Crippen molar-refractivity contribution >= 4 is 11.9 Å². The molecular weight excluding hydrogens is 580 g/mol. The zero-order valence-corrected chi connectivity index (χ0v) is 31.0. The summed E-state index contributed by atoms with van der Waals surface area (Å²) < 4.78 is 0. The van der Waals surface area contributed by atoms with Crippen LogP contribution in [-0.4, -0.2) is 56.8 Å². The number of carbonyl (C=O) groups is 2. The van der Waals surface area contributed by atoms with Gasteiger partial charge in [0.05, 0.1) is 13.2 Å². The number of unbranched alkanes of at least 4 members (excludes halogenated alkanes) is 22. The van der Waals surface area contributed by atoms with Gasteiger partial charge in [0.2, 0.25) is 0 Å². The number of aliphatic carboxylic acids is 2. The van der Waals surface area contributed by atoms with Crippen molar-refractivity contribution in [3.8, 4) is 0 Å². The molecule has 0 atom stereocenters. The lowest BCUT2D eigenvalue weighted by Gasteiger charge is -2.04. The lowest BCUT2D eigenvalue weighted by molar-refractivity contribution is -0.138. The van der Waals surface area contributed by atoms with Crippen molar-refractivity contribution in [3.63, 3.8) is 0 Å². The van der Waals surface area contributed by atoms with Gasteiger partial charge in [-0.1, -0.05) is 182 Å². The summed E-state index contributed by atoms with van der Waals surface area (Å²) in [6.07, 6.45) is 33.7. The predicted molar refractivity (Wildman–Crippen MR) is 194 cm³/mol. The van der Waals surface area contributed by atoms with Gasteiger partial charge in [0.25, 0.3) is 0 Å². The minimum absolute atomic E-state index is 0.344. The van der Waals surface area contributed by atoms with Crippen molar-refractivity contribution in [2.45, 2.75) is 214 Å². The van der Waals surface area contributed by atoms with E-state index in [1.165, 1.54) is 141 Å². The minimum atomic E-state index is -0.954. The summed E-state index contributed by atoms with van der Waals surface area (Å²) in [4.78, 5) is 20.7. The zero-order chi connectivity index (χ0) is 35.1. The Labute approximate surface area is 285 Å². The second-order valence-electron chi connectivity index (χ2n) is 14.2. The first-order valence-corrected chi connectivity index (χ1v) is 19.4. The Bertz CT molecular complexity index is 545. The maximum absolute atomic E-state index is 10.3. The van der Waals surface area contributed by atoms with E-state index in [2.05, 4.69) is 27.7 Å². The second-order valence-corrected chi connectivity index (χ2v) is 14.2. The van der Waals surface area contributed by atoms with Gasteiger partial charge >= 0.3 is 11.9 Å². The van der Waals surface area contributed by atoms with E-state index in [1.54, 1.807) is 0 Å². The average molecular weight is 661 g/mol. The number of hydrogen-bond acceptors (Lipinski definition) is 5. The Morgan fingerprint density at radius 1 is 0.391 bits per heavy atom. The van der Waals surface area contributed by atoms with Gasteiger partial charge in [0.15, 0.2) is 0 Å². The Morgan fingerprint density at radius 3 is 0.739 bits per heavy atom. The molecule has 0 heterocycles. The molecule has 0 amide bonds. The number of carboxylic acids is 2. The largest absolute Gasteiger partial charge is 0.481 e. The van der Waals surface area contributed by atoms with Crippen LogP contribution < -0.4 is 0 Å². The topological polar surface area (TPSA) is 135 Å². The summed E-state index contributed by atoms with van der Waals surface area (Å²) in [7, 11) is 0. The van der Waals surface area contributed by atoms with Crippen molar-refractivity contribution in [2.75, 3.05) is 13.2 Å². The normalized spacial score (nSPS) is 11.0. The standard InChI is InChI=1S/2C18H36O2.C3H8O3/c2*1-17(2)15-13-11-9-7-5-3-4-6-8-10-12-14-16-18(19)20;4-1-3(6)2-5/h2*17H,3-16H2,1-2H3,(H,19,20);3-6H,1-2H2. The Morgan fingerprint density at radius 2 is 0.587 bits per heavy atom. The highest BCUT2D eigenvalue weighted by Gasteiger charge is 1.99. The zero-order valence-electron chi connectivity index (χ0n) is 31.0. The van der Waals surface area contributed by atoms with Gasteiger partial charge in [-0.2, -0.15) is 0 Å². The van der Waals surface area contributed by atoms with Gasteiger partial charge in [0.1, 0.15) is 6.10 Å². The SMILES string of the molecule is CC(C)CCCCCCCCCCCCCCC(=O)O.CC(C)CCCCCCCCCCCCCCC(=O)O.OCC(O)CO. The summed E-state index contributed by atoms with van der Waals surface area (Å²) in [5, 5.41) is 41.1. The summed E-state index contributed by atoms with van der Waals surface area (Å²) in [6.45, 7) is 8.50. The third-order valence-electron chi connectivity index (χ3n) is 8.27. The third-order valence-corrected chi connectivity index (χ3v) is 8.27. The van der Waals surface area contributed by atoms with E-state index in [1.807, 2.05) is 0 Å². The first kappa shape index (κ1) is 49.2. The van der Waals surface area contributed by atoms with Crippen molar-refractivity contribution in [3.05, 3.63) is 0 Å². The lowest BCUT2D eigenvalue weighted by atomic mass is 10.0. The molecule has 0 saturated carbocycles. The van der Waals surface area contributed by atoms with Gasteiger partial charge in [-0.05, 0) is 24.7 Å². The fraction of sp³-hybridized carbons (Fsp3) is 0.949. The van der Waals surface area contributed by atoms with E-state index in [9.17, 15) is 9.59 Å². The third kappa shape index (κ3) is 55.2. The monoisotopic (exact) mass is 661 g/mol. The summed E-state index contributed by atoms with van der Waals surface area (Å²) in [5.74, 6) is 0.424. The van der Waals surface area contributed by atoms with Gasteiger partial charge in [-0.3, -0.25) is 9.59 Å². The van der Waals surface area contributed by atoms with Gasteiger partial charge < -0.3 is 25.5 Å². The molecule has 278 valence electrons. The maximum Gasteiger partial charge on any atom is 0.303 e. The van der Waals surface area contributed by atoms with Crippen molar-refractivity contribution in [2.24, 2.45) is 11.8 Å². The minimum Gasteiger partial charge on any atom is -0.481 e. The molecule has 0 aromatic heterocycles. The van der Waals surface area contributed by atoms with E-state index in [4.69, 9.17) is 25.5 Å². The van der Waals surface area contributed by atoms with Crippen LogP contribution in [0.1, 0.15) is 207 Å². The first-order valence-electron chi connectivity index (χ1n) is 19.4. The fourth-order valence-electron chi connectivity index (χ4n) is 5.25. The number of rotatable bonds is 32. The molecule has 0 saturated heterocycles. The van der Waals surface area contributed by atoms with Crippen LogP contribution in [0.15, 0.2) is 0 Å². The molecule has 0 aromatic carbocycles. The molecule has 0 aliphatic carbocycles.